The molecule has 0 amide bonds. The summed E-state index contributed by atoms with van der Waals surface area (Å²) in [6.45, 7) is 11.4. The van der Waals surface area contributed by atoms with Crippen LogP contribution in [0.3, 0.4) is 0 Å². The fourth-order valence-corrected chi connectivity index (χ4v) is 2.79. The van der Waals surface area contributed by atoms with Gasteiger partial charge in [0.15, 0.2) is 0 Å². The van der Waals surface area contributed by atoms with Crippen LogP contribution in [-0.2, 0) is 13.5 Å². The van der Waals surface area contributed by atoms with E-state index >= 15 is 0 Å². The molecule has 3 nitrogen and oxygen atoms in total. The van der Waals surface area contributed by atoms with Crippen LogP contribution in [0.25, 0.3) is 11.1 Å². The second kappa shape index (κ2) is 8.62. The number of rotatable bonds is 1. The van der Waals surface area contributed by atoms with Crippen LogP contribution < -0.4 is 4.90 Å². The Morgan fingerprint density at radius 2 is 1.73 bits per heavy atom. The molecule has 0 aliphatic carbocycles. The van der Waals surface area contributed by atoms with Crippen molar-refractivity contribution in [3.8, 4) is 11.1 Å². The molecule has 3 rings (SSSR count). The first-order chi connectivity index (χ1) is 10.6. The van der Waals surface area contributed by atoms with Gasteiger partial charge in [0.05, 0.1) is 6.20 Å². The van der Waals surface area contributed by atoms with Gasteiger partial charge in [-0.2, -0.15) is 5.10 Å². The molecule has 22 heavy (non-hydrogen) atoms. The van der Waals surface area contributed by atoms with Crippen molar-refractivity contribution in [1.29, 1.82) is 0 Å². The normalized spacial score (nSPS) is 12.6. The summed E-state index contributed by atoms with van der Waals surface area (Å²) in [6, 6.07) is 4.66. The molecule has 0 spiro atoms. The lowest BCUT2D eigenvalue weighted by atomic mass is 9.94. The van der Waals surface area contributed by atoms with E-state index < -0.39 is 0 Å². The van der Waals surface area contributed by atoms with E-state index in [1.807, 2.05) is 45.6 Å². The number of nitrogens with zero attached hydrogens (tertiary/aromatic N) is 3. The van der Waals surface area contributed by atoms with Crippen molar-refractivity contribution in [2.24, 2.45) is 7.05 Å². The average molecular weight is 301 g/mol. The van der Waals surface area contributed by atoms with Gasteiger partial charge in [0.25, 0.3) is 0 Å². The van der Waals surface area contributed by atoms with Crippen LogP contribution in [0, 0.1) is 6.92 Å². The maximum absolute atomic E-state index is 4.27. The first-order valence-corrected chi connectivity index (χ1v) is 8.49. The van der Waals surface area contributed by atoms with Crippen molar-refractivity contribution in [2.45, 2.75) is 47.5 Å². The van der Waals surface area contributed by atoms with Crippen molar-refractivity contribution in [2.75, 3.05) is 18.5 Å². The van der Waals surface area contributed by atoms with Gasteiger partial charge in [-0.3, -0.25) is 4.68 Å². The molecule has 0 saturated heterocycles. The summed E-state index contributed by atoms with van der Waals surface area (Å²) < 4.78 is 1.86. The van der Waals surface area contributed by atoms with Gasteiger partial charge in [0, 0.05) is 38.1 Å². The highest BCUT2D eigenvalue weighted by atomic mass is 15.2. The molecule has 3 heteroatoms. The minimum Gasteiger partial charge on any atom is -0.374 e. The van der Waals surface area contributed by atoms with E-state index in [4.69, 9.17) is 0 Å². The largest absolute Gasteiger partial charge is 0.374 e. The van der Waals surface area contributed by atoms with Gasteiger partial charge in [-0.1, -0.05) is 27.7 Å². The zero-order chi connectivity index (χ0) is 16.7. The van der Waals surface area contributed by atoms with Crippen LogP contribution in [0.15, 0.2) is 24.5 Å². The summed E-state index contributed by atoms with van der Waals surface area (Å²) in [5, 5.41) is 4.27. The predicted molar refractivity (Wildman–Crippen MR) is 97.7 cm³/mol. The van der Waals surface area contributed by atoms with E-state index in [0.29, 0.717) is 0 Å². The van der Waals surface area contributed by atoms with Gasteiger partial charge in [-0.15, -0.1) is 0 Å². The van der Waals surface area contributed by atoms with Crippen LogP contribution in [-0.4, -0.2) is 23.4 Å². The quantitative estimate of drug-likeness (QED) is 0.752. The van der Waals surface area contributed by atoms with Gasteiger partial charge in [0.2, 0.25) is 0 Å². The Bertz CT molecular complexity index is 584. The Hall–Kier alpha value is -1.77. The molecule has 2 aromatic rings. The second-order valence-corrected chi connectivity index (χ2v) is 5.22. The van der Waals surface area contributed by atoms with Gasteiger partial charge in [-0.05, 0) is 48.6 Å². The van der Waals surface area contributed by atoms with Crippen LogP contribution in [0.5, 0.6) is 0 Å². The van der Waals surface area contributed by atoms with E-state index in [1.54, 1.807) is 0 Å². The smallest absolute Gasteiger partial charge is 0.0568 e. The van der Waals surface area contributed by atoms with Crippen molar-refractivity contribution < 1.29 is 0 Å². The first-order valence-electron chi connectivity index (χ1n) is 8.49. The number of fused-ring (bicyclic) bond motifs is 1. The Morgan fingerprint density at radius 1 is 1.05 bits per heavy atom. The highest BCUT2D eigenvalue weighted by Gasteiger charge is 2.16. The molecule has 1 aromatic carbocycles. The Kier molecular flexibility index (Phi) is 7.16. The van der Waals surface area contributed by atoms with Crippen molar-refractivity contribution in [3.05, 3.63) is 35.7 Å². The summed E-state index contributed by atoms with van der Waals surface area (Å²) in [7, 11) is 4.15. The first kappa shape index (κ1) is 18.3. The number of benzene rings is 1. The molecule has 0 bridgehead atoms. The molecule has 0 N–H and O–H groups in total. The van der Waals surface area contributed by atoms with Gasteiger partial charge in [-0.25, -0.2) is 0 Å². The van der Waals surface area contributed by atoms with Crippen LogP contribution in [0.4, 0.5) is 5.69 Å². The highest BCUT2D eigenvalue weighted by Crippen LogP contribution is 2.33. The number of hydrogen-bond donors (Lipinski definition) is 0. The SMILES string of the molecule is CC.CC.Cc1cc2c(cc1-c1cnn(C)c1)CCCN2C. The van der Waals surface area contributed by atoms with E-state index in [1.165, 1.54) is 47.3 Å². The molecule has 0 fully saturated rings. The molecule has 1 aliphatic heterocycles. The lowest BCUT2D eigenvalue weighted by Crippen LogP contribution is -2.24. The topological polar surface area (TPSA) is 21.1 Å². The van der Waals surface area contributed by atoms with E-state index in [9.17, 15) is 0 Å². The molecule has 0 radical (unpaired) electrons. The van der Waals surface area contributed by atoms with Gasteiger partial charge >= 0.3 is 0 Å². The molecule has 1 aromatic heterocycles. The maximum Gasteiger partial charge on any atom is 0.0568 e. The Balaban J connectivity index is 0.000000561. The fraction of sp³-hybridized carbons (Fsp3) is 0.526. The summed E-state index contributed by atoms with van der Waals surface area (Å²) in [4.78, 5) is 2.36. The van der Waals surface area contributed by atoms with Crippen LogP contribution in [0.1, 0.15) is 45.2 Å². The van der Waals surface area contributed by atoms with E-state index in [0.717, 1.165) is 0 Å². The number of anilines is 1. The highest BCUT2D eigenvalue weighted by molar-refractivity contribution is 5.72. The molecular weight excluding hydrogens is 270 g/mol. The number of aromatic nitrogens is 2. The minimum absolute atomic E-state index is 1.17. The lowest BCUT2D eigenvalue weighted by molar-refractivity contribution is 0.744. The maximum atomic E-state index is 4.27. The third kappa shape index (κ3) is 3.90. The zero-order valence-corrected chi connectivity index (χ0v) is 15.3. The summed E-state index contributed by atoms with van der Waals surface area (Å²) in [5.74, 6) is 0. The van der Waals surface area contributed by atoms with Gasteiger partial charge in [0.1, 0.15) is 0 Å². The second-order valence-electron chi connectivity index (χ2n) is 5.22. The van der Waals surface area contributed by atoms with Gasteiger partial charge < -0.3 is 4.90 Å². The zero-order valence-electron chi connectivity index (χ0n) is 15.3. The molecule has 0 saturated carbocycles. The number of hydrogen-bond acceptors (Lipinski definition) is 2. The third-order valence-electron chi connectivity index (χ3n) is 3.79. The number of aryl methyl sites for hydroxylation is 3. The molecular formula is C19H31N3. The fourth-order valence-electron chi connectivity index (χ4n) is 2.79. The summed E-state index contributed by atoms with van der Waals surface area (Å²) >= 11 is 0. The third-order valence-corrected chi connectivity index (χ3v) is 3.79. The minimum atomic E-state index is 1.17. The molecule has 2 heterocycles. The van der Waals surface area contributed by atoms with Crippen LogP contribution >= 0.6 is 0 Å². The Morgan fingerprint density at radius 3 is 2.32 bits per heavy atom. The van der Waals surface area contributed by atoms with E-state index in [2.05, 4.69) is 42.3 Å². The van der Waals surface area contributed by atoms with Crippen molar-refractivity contribution in [1.82, 2.24) is 9.78 Å². The molecule has 122 valence electrons. The predicted octanol–water partition coefficient (Wildman–Crippen LogP) is 4.83. The average Bonchev–Trinajstić information content (AvgIpc) is 2.98. The van der Waals surface area contributed by atoms with Crippen molar-refractivity contribution >= 4 is 5.69 Å². The summed E-state index contributed by atoms with van der Waals surface area (Å²) in [6.07, 6.45) is 6.47. The monoisotopic (exact) mass is 301 g/mol. The molecule has 1 aliphatic rings. The molecule has 0 atom stereocenters. The standard InChI is InChI=1S/C15H19N3.2C2H6/c1-11-7-15-12(5-4-6-17(15)2)8-14(11)13-9-16-18(3)10-13;2*1-2/h7-10H,4-6H2,1-3H3;2*1-2H3. The lowest BCUT2D eigenvalue weighted by Gasteiger charge is -2.28. The van der Waals surface area contributed by atoms with Crippen molar-refractivity contribution in [3.63, 3.8) is 0 Å². The Labute approximate surface area is 136 Å². The van der Waals surface area contributed by atoms with E-state index in [-0.39, 0.29) is 0 Å². The van der Waals surface area contributed by atoms with Crippen LogP contribution in [0.2, 0.25) is 0 Å². The summed E-state index contributed by atoms with van der Waals surface area (Å²) in [5.41, 5.74) is 6.72. The molecule has 0 unspecified atom stereocenters.